The number of aromatic hydroxyl groups is 1. The van der Waals surface area contributed by atoms with Crippen LogP contribution in [0.15, 0.2) is 18.2 Å². The first-order valence-electron chi connectivity index (χ1n) is 6.93. The number of benzene rings is 1. The van der Waals surface area contributed by atoms with Crippen LogP contribution in [-0.4, -0.2) is 28.3 Å². The molecule has 2 rings (SSSR count). The highest BCUT2D eigenvalue weighted by molar-refractivity contribution is 5.94. The summed E-state index contributed by atoms with van der Waals surface area (Å²) in [6.45, 7) is 4.25. The van der Waals surface area contributed by atoms with E-state index < -0.39 is 5.97 Å². The van der Waals surface area contributed by atoms with Crippen LogP contribution >= 0.6 is 0 Å². The molecule has 1 fully saturated rings. The number of carbonyl (C=O) groups is 2. The fourth-order valence-electron chi connectivity index (χ4n) is 2.71. The standard InChI is InChI=1S/C15H20N2O4/c1-15(2)7-3-4-12(15)17-14(21)16-9-5-6-10(13(19)20)11(18)8-9/h5-6,8,12,18H,3-4,7H2,1-2H3,(H,19,20)(H2,16,17,21). The molecule has 114 valence electrons. The largest absolute Gasteiger partial charge is 0.507 e. The Bertz CT molecular complexity index is 569. The molecule has 1 saturated carbocycles. The second-order valence-corrected chi connectivity index (χ2v) is 6.07. The Labute approximate surface area is 123 Å². The van der Waals surface area contributed by atoms with E-state index >= 15 is 0 Å². The summed E-state index contributed by atoms with van der Waals surface area (Å²) in [5.41, 5.74) is 0.232. The van der Waals surface area contributed by atoms with E-state index in [-0.39, 0.29) is 28.8 Å². The highest BCUT2D eigenvalue weighted by Gasteiger charge is 2.35. The number of carbonyl (C=O) groups excluding carboxylic acids is 1. The monoisotopic (exact) mass is 292 g/mol. The molecule has 0 heterocycles. The third kappa shape index (κ3) is 3.45. The maximum atomic E-state index is 12.0. The number of rotatable bonds is 3. The number of carboxylic acid groups (broad SMARTS) is 1. The van der Waals surface area contributed by atoms with E-state index in [1.54, 1.807) is 0 Å². The zero-order valence-corrected chi connectivity index (χ0v) is 12.1. The van der Waals surface area contributed by atoms with Gasteiger partial charge < -0.3 is 20.8 Å². The fourth-order valence-corrected chi connectivity index (χ4v) is 2.71. The maximum absolute atomic E-state index is 12.0. The molecule has 0 aliphatic heterocycles. The number of hydrogen-bond acceptors (Lipinski definition) is 3. The Kier molecular flexibility index (Phi) is 4.06. The number of hydrogen-bond donors (Lipinski definition) is 4. The van der Waals surface area contributed by atoms with E-state index in [2.05, 4.69) is 24.5 Å². The van der Waals surface area contributed by atoms with Crippen LogP contribution in [0.25, 0.3) is 0 Å². The molecule has 0 saturated heterocycles. The van der Waals surface area contributed by atoms with Crippen molar-refractivity contribution < 1.29 is 19.8 Å². The SMILES string of the molecule is CC1(C)CCCC1NC(=O)Nc1ccc(C(=O)O)c(O)c1. The molecule has 1 aromatic carbocycles. The van der Waals surface area contributed by atoms with Gasteiger partial charge in [-0.1, -0.05) is 20.3 Å². The summed E-state index contributed by atoms with van der Waals surface area (Å²) in [7, 11) is 0. The molecule has 21 heavy (non-hydrogen) atoms. The van der Waals surface area contributed by atoms with Crippen molar-refractivity contribution in [2.45, 2.75) is 39.2 Å². The molecule has 4 N–H and O–H groups in total. The van der Waals surface area contributed by atoms with Crippen LogP contribution in [-0.2, 0) is 0 Å². The van der Waals surface area contributed by atoms with Crippen molar-refractivity contribution in [3.8, 4) is 5.75 Å². The molecule has 1 atom stereocenters. The van der Waals surface area contributed by atoms with Crippen LogP contribution in [0.1, 0.15) is 43.5 Å². The Hall–Kier alpha value is -2.24. The van der Waals surface area contributed by atoms with Gasteiger partial charge in [0.2, 0.25) is 0 Å². The molecule has 0 spiro atoms. The van der Waals surface area contributed by atoms with Gasteiger partial charge in [-0.25, -0.2) is 9.59 Å². The predicted molar refractivity (Wildman–Crippen MR) is 78.6 cm³/mol. The second-order valence-electron chi connectivity index (χ2n) is 6.07. The summed E-state index contributed by atoms with van der Waals surface area (Å²) < 4.78 is 0. The highest BCUT2D eigenvalue weighted by atomic mass is 16.4. The van der Waals surface area contributed by atoms with Gasteiger partial charge >= 0.3 is 12.0 Å². The van der Waals surface area contributed by atoms with Gasteiger partial charge in [0, 0.05) is 17.8 Å². The van der Waals surface area contributed by atoms with Crippen LogP contribution in [0.4, 0.5) is 10.5 Å². The zero-order chi connectivity index (χ0) is 15.6. The summed E-state index contributed by atoms with van der Waals surface area (Å²) in [4.78, 5) is 22.8. The summed E-state index contributed by atoms with van der Waals surface area (Å²) >= 11 is 0. The Morgan fingerprint density at radius 3 is 2.57 bits per heavy atom. The number of carboxylic acids is 1. The number of urea groups is 1. The molecule has 0 radical (unpaired) electrons. The lowest BCUT2D eigenvalue weighted by molar-refractivity contribution is 0.0694. The number of aromatic carboxylic acids is 1. The third-order valence-electron chi connectivity index (χ3n) is 4.05. The molecule has 6 heteroatoms. The molecule has 6 nitrogen and oxygen atoms in total. The van der Waals surface area contributed by atoms with E-state index in [1.165, 1.54) is 18.2 Å². The van der Waals surface area contributed by atoms with Crippen molar-refractivity contribution in [3.63, 3.8) is 0 Å². The minimum atomic E-state index is -1.21. The van der Waals surface area contributed by atoms with Crippen molar-refractivity contribution in [2.24, 2.45) is 5.41 Å². The molecule has 1 aliphatic carbocycles. The minimum Gasteiger partial charge on any atom is -0.507 e. The summed E-state index contributed by atoms with van der Waals surface area (Å²) in [5, 5.41) is 24.0. The highest BCUT2D eigenvalue weighted by Crippen LogP contribution is 2.37. The van der Waals surface area contributed by atoms with Gasteiger partial charge in [-0.05, 0) is 30.4 Å². The van der Waals surface area contributed by atoms with Crippen LogP contribution in [0, 0.1) is 5.41 Å². The van der Waals surface area contributed by atoms with Gasteiger partial charge in [0.25, 0.3) is 0 Å². The molecule has 1 aromatic rings. The van der Waals surface area contributed by atoms with E-state index in [1.807, 2.05) is 0 Å². The van der Waals surface area contributed by atoms with Crippen molar-refractivity contribution in [1.29, 1.82) is 0 Å². The molecular formula is C15H20N2O4. The fraction of sp³-hybridized carbons (Fsp3) is 0.467. The Morgan fingerprint density at radius 1 is 1.33 bits per heavy atom. The molecular weight excluding hydrogens is 272 g/mol. The average molecular weight is 292 g/mol. The van der Waals surface area contributed by atoms with E-state index in [0.29, 0.717) is 5.69 Å². The van der Waals surface area contributed by atoms with Gasteiger partial charge in [0.05, 0.1) is 0 Å². The van der Waals surface area contributed by atoms with Crippen LogP contribution in [0.2, 0.25) is 0 Å². The molecule has 1 unspecified atom stereocenters. The lowest BCUT2D eigenvalue weighted by Crippen LogP contribution is -2.43. The third-order valence-corrected chi connectivity index (χ3v) is 4.05. The summed E-state index contributed by atoms with van der Waals surface area (Å²) in [6.07, 6.45) is 3.11. The number of nitrogens with one attached hydrogen (secondary N) is 2. The van der Waals surface area contributed by atoms with Crippen LogP contribution in [0.3, 0.4) is 0 Å². The first kappa shape index (κ1) is 15.2. The Morgan fingerprint density at radius 2 is 2.05 bits per heavy atom. The first-order chi connectivity index (χ1) is 9.79. The summed E-state index contributed by atoms with van der Waals surface area (Å²) in [6, 6.07) is 3.69. The minimum absolute atomic E-state index is 0.0760. The van der Waals surface area contributed by atoms with Crippen molar-refractivity contribution >= 4 is 17.7 Å². The molecule has 1 aliphatic rings. The molecule has 0 bridgehead atoms. The maximum Gasteiger partial charge on any atom is 0.339 e. The zero-order valence-electron chi connectivity index (χ0n) is 12.1. The first-order valence-corrected chi connectivity index (χ1v) is 6.93. The summed E-state index contributed by atoms with van der Waals surface area (Å²) in [5.74, 6) is -1.59. The van der Waals surface area contributed by atoms with Crippen molar-refractivity contribution in [3.05, 3.63) is 23.8 Å². The number of amides is 2. The van der Waals surface area contributed by atoms with Crippen molar-refractivity contribution in [1.82, 2.24) is 5.32 Å². The second kappa shape index (κ2) is 5.63. The average Bonchev–Trinajstić information content (AvgIpc) is 2.68. The lowest BCUT2D eigenvalue weighted by atomic mass is 9.87. The number of phenols is 1. The number of anilines is 1. The van der Waals surface area contributed by atoms with E-state index in [9.17, 15) is 14.7 Å². The Balaban J connectivity index is 2.00. The van der Waals surface area contributed by atoms with Gasteiger partial charge in [-0.15, -0.1) is 0 Å². The van der Waals surface area contributed by atoms with Gasteiger partial charge in [0.1, 0.15) is 11.3 Å². The van der Waals surface area contributed by atoms with Crippen LogP contribution in [0.5, 0.6) is 5.75 Å². The van der Waals surface area contributed by atoms with Gasteiger partial charge in [0.15, 0.2) is 0 Å². The van der Waals surface area contributed by atoms with E-state index in [0.717, 1.165) is 19.3 Å². The van der Waals surface area contributed by atoms with Crippen LogP contribution < -0.4 is 10.6 Å². The van der Waals surface area contributed by atoms with Gasteiger partial charge in [-0.2, -0.15) is 0 Å². The van der Waals surface area contributed by atoms with Crippen molar-refractivity contribution in [2.75, 3.05) is 5.32 Å². The normalized spacial score (nSPS) is 20.0. The van der Waals surface area contributed by atoms with Gasteiger partial charge in [-0.3, -0.25) is 0 Å². The predicted octanol–water partition coefficient (Wildman–Crippen LogP) is 2.79. The smallest absolute Gasteiger partial charge is 0.339 e. The van der Waals surface area contributed by atoms with E-state index in [4.69, 9.17) is 5.11 Å². The lowest BCUT2D eigenvalue weighted by Gasteiger charge is -2.27. The molecule has 0 aromatic heterocycles. The quantitative estimate of drug-likeness (QED) is 0.688. The topological polar surface area (TPSA) is 98.7 Å². The molecule has 2 amide bonds.